The second kappa shape index (κ2) is 7.35. The van der Waals surface area contributed by atoms with E-state index in [-0.39, 0.29) is 11.2 Å². The van der Waals surface area contributed by atoms with Gasteiger partial charge in [-0.05, 0) is 57.6 Å². The maximum Gasteiger partial charge on any atom is 0.235 e. The lowest BCUT2D eigenvalue weighted by Gasteiger charge is -2.32. The summed E-state index contributed by atoms with van der Waals surface area (Å²) in [7, 11) is 0. The van der Waals surface area contributed by atoms with Crippen LogP contribution in [0.3, 0.4) is 0 Å². The Bertz CT molecular complexity index is 643. The lowest BCUT2D eigenvalue weighted by Crippen LogP contribution is -2.41. The van der Waals surface area contributed by atoms with Gasteiger partial charge in [-0.3, -0.25) is 4.79 Å². The summed E-state index contributed by atoms with van der Waals surface area (Å²) in [5.74, 6) is 0.861. The number of amides is 1. The zero-order chi connectivity index (χ0) is 17.1. The molecule has 124 valence electrons. The zero-order valence-electron chi connectivity index (χ0n) is 14.6. The van der Waals surface area contributed by atoms with Crippen molar-refractivity contribution in [2.45, 2.75) is 57.7 Å². The molecular formula is C18H25N3OS. The number of nitrogens with zero attached hydrogens (tertiary/aromatic N) is 3. The molecule has 0 spiro atoms. The molecule has 2 heterocycles. The summed E-state index contributed by atoms with van der Waals surface area (Å²) in [4.78, 5) is 19.1. The van der Waals surface area contributed by atoms with E-state index >= 15 is 0 Å². The Kier molecular flexibility index (Phi) is 5.69. The van der Waals surface area contributed by atoms with E-state index in [1.807, 2.05) is 32.6 Å². The maximum atomic E-state index is 12.6. The van der Waals surface area contributed by atoms with Gasteiger partial charge in [0.1, 0.15) is 11.1 Å². The number of rotatable bonds is 3. The van der Waals surface area contributed by atoms with Crippen molar-refractivity contribution in [3.8, 4) is 6.07 Å². The summed E-state index contributed by atoms with van der Waals surface area (Å²) in [5.41, 5.74) is 3.55. The highest BCUT2D eigenvalue weighted by atomic mass is 32.2. The molecule has 1 atom stereocenters. The molecule has 2 rings (SSSR count). The van der Waals surface area contributed by atoms with Gasteiger partial charge in [0.25, 0.3) is 0 Å². The number of hydrogen-bond donors (Lipinski definition) is 0. The van der Waals surface area contributed by atoms with Crippen LogP contribution in [0, 0.1) is 38.0 Å². The maximum absolute atomic E-state index is 12.6. The van der Waals surface area contributed by atoms with Gasteiger partial charge < -0.3 is 4.90 Å². The van der Waals surface area contributed by atoms with Crippen LogP contribution in [0.15, 0.2) is 5.03 Å². The molecule has 0 radical (unpaired) electrons. The van der Waals surface area contributed by atoms with Crippen LogP contribution in [0.25, 0.3) is 0 Å². The molecule has 1 aliphatic rings. The highest BCUT2D eigenvalue weighted by Gasteiger charge is 2.26. The van der Waals surface area contributed by atoms with Crippen LogP contribution in [0.5, 0.6) is 0 Å². The molecule has 0 aromatic carbocycles. The molecule has 0 bridgehead atoms. The van der Waals surface area contributed by atoms with Gasteiger partial charge in [0.05, 0.1) is 10.8 Å². The number of nitriles is 1. The van der Waals surface area contributed by atoms with E-state index < -0.39 is 0 Å². The lowest BCUT2D eigenvalue weighted by atomic mass is 9.99. The Hall–Kier alpha value is -1.54. The fourth-order valence-electron chi connectivity index (χ4n) is 2.83. The van der Waals surface area contributed by atoms with Crippen LogP contribution >= 0.6 is 11.8 Å². The van der Waals surface area contributed by atoms with E-state index in [1.165, 1.54) is 11.8 Å². The van der Waals surface area contributed by atoms with Gasteiger partial charge in [-0.25, -0.2) is 4.98 Å². The normalized spacial score (nSPS) is 17.0. The van der Waals surface area contributed by atoms with Crippen LogP contribution in [0.4, 0.5) is 0 Å². The predicted octanol–water partition coefficient (Wildman–Crippen LogP) is 3.62. The number of thioether (sulfide) groups is 1. The third-order valence-electron chi connectivity index (χ3n) is 4.81. The minimum Gasteiger partial charge on any atom is -0.342 e. The Morgan fingerprint density at radius 3 is 2.48 bits per heavy atom. The van der Waals surface area contributed by atoms with Gasteiger partial charge >= 0.3 is 0 Å². The monoisotopic (exact) mass is 331 g/mol. The molecule has 1 amide bonds. The van der Waals surface area contributed by atoms with Crippen LogP contribution in [-0.4, -0.2) is 34.1 Å². The van der Waals surface area contributed by atoms with E-state index in [1.54, 1.807) is 0 Å². The zero-order valence-corrected chi connectivity index (χ0v) is 15.5. The Labute approximate surface area is 143 Å². The van der Waals surface area contributed by atoms with Crippen molar-refractivity contribution in [1.82, 2.24) is 9.88 Å². The molecule has 1 aliphatic heterocycles. The summed E-state index contributed by atoms with van der Waals surface area (Å²) < 4.78 is 0. The summed E-state index contributed by atoms with van der Waals surface area (Å²) >= 11 is 1.41. The third-order valence-corrected chi connectivity index (χ3v) is 5.88. The van der Waals surface area contributed by atoms with Crippen molar-refractivity contribution < 1.29 is 4.79 Å². The van der Waals surface area contributed by atoms with Crippen molar-refractivity contribution in [2.24, 2.45) is 5.92 Å². The minimum absolute atomic E-state index is 0.156. The molecule has 1 aromatic rings. The van der Waals surface area contributed by atoms with Crippen LogP contribution in [0.2, 0.25) is 0 Å². The second-order valence-electron chi connectivity index (χ2n) is 6.51. The smallest absolute Gasteiger partial charge is 0.235 e. The van der Waals surface area contributed by atoms with Crippen LogP contribution in [-0.2, 0) is 4.79 Å². The Morgan fingerprint density at radius 1 is 1.30 bits per heavy atom. The molecule has 0 N–H and O–H groups in total. The molecule has 4 nitrogen and oxygen atoms in total. The fraction of sp³-hybridized carbons (Fsp3) is 0.611. The first-order valence-corrected chi connectivity index (χ1v) is 9.06. The van der Waals surface area contributed by atoms with Gasteiger partial charge in [0.2, 0.25) is 5.91 Å². The molecule has 0 unspecified atom stereocenters. The number of piperidine rings is 1. The highest BCUT2D eigenvalue weighted by Crippen LogP contribution is 2.30. The number of carbonyl (C=O) groups excluding carboxylic acids is 1. The van der Waals surface area contributed by atoms with Gasteiger partial charge in [0.15, 0.2) is 0 Å². The van der Waals surface area contributed by atoms with Crippen molar-refractivity contribution in [3.05, 3.63) is 22.4 Å². The SMILES string of the molecule is Cc1nc(S[C@@H](C)C(=O)N2CCC(C)CC2)c(C#N)c(C)c1C. The average molecular weight is 331 g/mol. The first-order valence-electron chi connectivity index (χ1n) is 8.18. The standard InChI is InChI=1S/C18H25N3OS/c1-11-6-8-21(9-7-11)18(22)15(5)23-17-16(10-19)13(3)12(2)14(4)20-17/h11,15H,6-9H2,1-5H3/t15-/m0/s1. The molecular weight excluding hydrogens is 306 g/mol. The van der Waals surface area contributed by atoms with Crippen molar-refractivity contribution in [2.75, 3.05) is 13.1 Å². The first kappa shape index (κ1) is 17.8. The largest absolute Gasteiger partial charge is 0.342 e. The molecule has 0 aliphatic carbocycles. The van der Waals surface area contributed by atoms with Crippen LogP contribution < -0.4 is 0 Å². The van der Waals surface area contributed by atoms with Gasteiger partial charge in [-0.15, -0.1) is 0 Å². The number of aromatic nitrogens is 1. The Morgan fingerprint density at radius 2 is 1.91 bits per heavy atom. The Balaban J connectivity index is 2.16. The third kappa shape index (κ3) is 3.87. The van der Waals surface area contributed by atoms with Crippen molar-refractivity contribution in [3.63, 3.8) is 0 Å². The van der Waals surface area contributed by atoms with Crippen LogP contribution in [0.1, 0.15) is 49.1 Å². The predicted molar refractivity (Wildman–Crippen MR) is 93.5 cm³/mol. The van der Waals surface area contributed by atoms with Gasteiger partial charge in [-0.1, -0.05) is 18.7 Å². The first-order chi connectivity index (χ1) is 10.8. The van der Waals surface area contributed by atoms with E-state index in [9.17, 15) is 10.1 Å². The molecule has 23 heavy (non-hydrogen) atoms. The van der Waals surface area contributed by atoms with E-state index in [2.05, 4.69) is 18.0 Å². The second-order valence-corrected chi connectivity index (χ2v) is 7.84. The van der Waals surface area contributed by atoms with Gasteiger partial charge in [0, 0.05) is 18.8 Å². The highest BCUT2D eigenvalue weighted by molar-refractivity contribution is 8.00. The summed E-state index contributed by atoms with van der Waals surface area (Å²) in [6.45, 7) is 11.7. The minimum atomic E-state index is -0.218. The number of hydrogen-bond acceptors (Lipinski definition) is 4. The topological polar surface area (TPSA) is 57.0 Å². The number of pyridine rings is 1. The molecule has 1 fully saturated rings. The van der Waals surface area contributed by atoms with E-state index in [4.69, 9.17) is 0 Å². The summed E-state index contributed by atoms with van der Waals surface area (Å²) in [5, 5.41) is 9.91. The number of aryl methyl sites for hydroxylation is 1. The molecule has 5 heteroatoms. The van der Waals surface area contributed by atoms with E-state index in [0.717, 1.165) is 42.8 Å². The molecule has 1 saturated heterocycles. The molecule has 0 saturated carbocycles. The molecule has 1 aromatic heterocycles. The van der Waals surface area contributed by atoms with Crippen molar-refractivity contribution in [1.29, 1.82) is 5.26 Å². The van der Waals surface area contributed by atoms with Crippen molar-refractivity contribution >= 4 is 17.7 Å². The summed E-state index contributed by atoms with van der Waals surface area (Å²) in [6, 6.07) is 2.25. The fourth-order valence-corrected chi connectivity index (χ4v) is 3.92. The summed E-state index contributed by atoms with van der Waals surface area (Å²) in [6.07, 6.45) is 2.15. The lowest BCUT2D eigenvalue weighted by molar-refractivity contribution is -0.131. The number of carbonyl (C=O) groups is 1. The average Bonchev–Trinajstić information content (AvgIpc) is 2.53. The van der Waals surface area contributed by atoms with E-state index in [0.29, 0.717) is 16.5 Å². The quantitative estimate of drug-likeness (QED) is 0.794. The van der Waals surface area contributed by atoms with Gasteiger partial charge in [-0.2, -0.15) is 5.26 Å². The number of likely N-dealkylation sites (tertiary alicyclic amines) is 1.